The number of carbonyl (C=O) groups is 4. The molecular weight excluding hydrogens is 450 g/mol. The van der Waals surface area contributed by atoms with E-state index < -0.39 is 29.0 Å². The van der Waals surface area contributed by atoms with Gasteiger partial charge in [0.2, 0.25) is 11.8 Å². The van der Waals surface area contributed by atoms with Gasteiger partial charge >= 0.3 is 11.9 Å². The second kappa shape index (κ2) is 9.07. The number of carbonyl (C=O) groups excluding carboxylic acids is 3. The molecule has 0 spiro atoms. The van der Waals surface area contributed by atoms with Crippen molar-refractivity contribution < 1.29 is 29.0 Å². The van der Waals surface area contributed by atoms with Gasteiger partial charge in [-0.2, -0.15) is 0 Å². The van der Waals surface area contributed by atoms with Gasteiger partial charge in [-0.3, -0.25) is 9.59 Å². The normalized spacial score (nSPS) is 20.4. The molecule has 1 aliphatic heterocycles. The van der Waals surface area contributed by atoms with E-state index in [0.29, 0.717) is 27.8 Å². The molecule has 4 rings (SSSR count). The number of hydrogen-bond donors (Lipinski definition) is 1. The molecule has 1 N–H and O–H groups in total. The van der Waals surface area contributed by atoms with Crippen LogP contribution in [0.5, 0.6) is 0 Å². The van der Waals surface area contributed by atoms with Crippen LogP contribution in [0.15, 0.2) is 29.2 Å². The second-order valence-electron chi connectivity index (χ2n) is 7.93. The highest BCUT2D eigenvalue weighted by Gasteiger charge is 2.44. The Morgan fingerprint density at radius 2 is 2.00 bits per heavy atom. The van der Waals surface area contributed by atoms with Gasteiger partial charge in [0, 0.05) is 16.2 Å². The van der Waals surface area contributed by atoms with Crippen molar-refractivity contribution in [3.05, 3.63) is 45.8 Å². The van der Waals surface area contributed by atoms with Gasteiger partial charge < -0.3 is 9.84 Å². The van der Waals surface area contributed by atoms with Gasteiger partial charge in [0.15, 0.2) is 0 Å². The van der Waals surface area contributed by atoms with Crippen molar-refractivity contribution in [3.63, 3.8) is 0 Å². The minimum absolute atomic E-state index is 0.0569. The lowest BCUT2D eigenvalue weighted by Gasteiger charge is -2.18. The molecule has 2 aromatic rings. The third-order valence-electron chi connectivity index (χ3n) is 5.67. The largest absolute Gasteiger partial charge is 0.478 e. The van der Waals surface area contributed by atoms with Gasteiger partial charge in [0.1, 0.15) is 5.00 Å². The fraction of sp³-hybridized carbons (Fsp3) is 0.391. The van der Waals surface area contributed by atoms with Crippen molar-refractivity contribution >= 4 is 51.9 Å². The molecule has 0 saturated carbocycles. The molecule has 32 heavy (non-hydrogen) atoms. The number of imide groups is 1. The molecule has 0 radical (unpaired) electrons. The molecular formula is C23H23NO6S2. The predicted molar refractivity (Wildman–Crippen MR) is 122 cm³/mol. The summed E-state index contributed by atoms with van der Waals surface area (Å²) in [5.74, 6) is -1.96. The van der Waals surface area contributed by atoms with Crippen molar-refractivity contribution in [2.24, 2.45) is 5.92 Å². The average Bonchev–Trinajstić information content (AvgIpc) is 3.24. The van der Waals surface area contributed by atoms with Crippen molar-refractivity contribution in [1.82, 2.24) is 0 Å². The summed E-state index contributed by atoms with van der Waals surface area (Å²) < 4.78 is 5.26. The van der Waals surface area contributed by atoms with Crippen LogP contribution >= 0.6 is 23.1 Å². The summed E-state index contributed by atoms with van der Waals surface area (Å²) in [5.41, 5.74) is 1.30. The van der Waals surface area contributed by atoms with Crippen LogP contribution < -0.4 is 4.90 Å². The minimum atomic E-state index is -1.09. The maximum atomic E-state index is 13.3. The Morgan fingerprint density at radius 1 is 1.25 bits per heavy atom. The Kier molecular flexibility index (Phi) is 6.39. The van der Waals surface area contributed by atoms with E-state index >= 15 is 0 Å². The molecule has 2 heterocycles. The topological polar surface area (TPSA) is 101 Å². The number of thiophene rings is 1. The molecule has 0 unspecified atom stereocenters. The molecule has 7 nitrogen and oxygen atoms in total. The Morgan fingerprint density at radius 3 is 2.72 bits per heavy atom. The molecule has 9 heteroatoms. The fourth-order valence-electron chi connectivity index (χ4n) is 4.12. The number of thioether (sulfide) groups is 1. The van der Waals surface area contributed by atoms with Gasteiger partial charge in [-0.1, -0.05) is 19.1 Å². The fourth-order valence-corrected chi connectivity index (χ4v) is 6.81. The number of benzene rings is 1. The van der Waals surface area contributed by atoms with Gasteiger partial charge in [-0.15, -0.1) is 23.1 Å². The van der Waals surface area contributed by atoms with E-state index in [2.05, 4.69) is 6.92 Å². The molecule has 1 aliphatic carbocycles. The zero-order valence-electron chi connectivity index (χ0n) is 17.8. The van der Waals surface area contributed by atoms with Gasteiger partial charge in [0.25, 0.3) is 0 Å². The van der Waals surface area contributed by atoms with Crippen LogP contribution in [0.3, 0.4) is 0 Å². The van der Waals surface area contributed by atoms with Gasteiger partial charge in [0.05, 0.1) is 23.0 Å². The SMILES string of the molecule is CCOC(=O)c1c(N2C(=O)C[C@H](Sc3ccccc3C(=O)O)C2=O)sc2c1CC[C@@H](C)C2. The third kappa shape index (κ3) is 4.06. The number of carboxylic acid groups (broad SMARTS) is 1. The molecule has 0 bridgehead atoms. The summed E-state index contributed by atoms with van der Waals surface area (Å²) in [4.78, 5) is 53.1. The van der Waals surface area contributed by atoms with E-state index in [1.807, 2.05) is 0 Å². The molecule has 2 atom stereocenters. The minimum Gasteiger partial charge on any atom is -0.478 e. The second-order valence-corrected chi connectivity index (χ2v) is 10.3. The van der Waals surface area contributed by atoms with E-state index in [4.69, 9.17) is 4.74 Å². The van der Waals surface area contributed by atoms with E-state index in [-0.39, 0.29) is 18.6 Å². The zero-order valence-corrected chi connectivity index (χ0v) is 19.4. The number of fused-ring (bicyclic) bond motifs is 1. The van der Waals surface area contributed by atoms with E-state index in [1.165, 1.54) is 17.4 Å². The lowest BCUT2D eigenvalue weighted by Crippen LogP contribution is -2.32. The molecule has 1 saturated heterocycles. The van der Waals surface area contributed by atoms with Crippen LogP contribution in [0, 0.1) is 5.92 Å². The summed E-state index contributed by atoms with van der Waals surface area (Å²) in [6, 6.07) is 6.41. The number of hydrogen-bond acceptors (Lipinski definition) is 7. The molecule has 168 valence electrons. The number of nitrogens with zero attached hydrogens (tertiary/aromatic N) is 1. The van der Waals surface area contributed by atoms with Gasteiger partial charge in [-0.25, -0.2) is 14.5 Å². The van der Waals surface area contributed by atoms with Crippen LogP contribution in [-0.2, 0) is 27.2 Å². The highest BCUT2D eigenvalue weighted by molar-refractivity contribution is 8.00. The summed E-state index contributed by atoms with van der Waals surface area (Å²) in [7, 11) is 0. The van der Waals surface area contributed by atoms with Crippen LogP contribution in [0.25, 0.3) is 0 Å². The van der Waals surface area contributed by atoms with E-state index in [0.717, 1.165) is 39.9 Å². The lowest BCUT2D eigenvalue weighted by atomic mass is 9.88. The van der Waals surface area contributed by atoms with Gasteiger partial charge in [-0.05, 0) is 49.8 Å². The third-order valence-corrected chi connectivity index (χ3v) is 8.17. The first-order valence-corrected chi connectivity index (χ1v) is 12.2. The molecule has 1 aromatic heterocycles. The van der Waals surface area contributed by atoms with Crippen molar-refractivity contribution in [1.29, 1.82) is 0 Å². The monoisotopic (exact) mass is 473 g/mol. The van der Waals surface area contributed by atoms with Crippen LogP contribution in [0.1, 0.15) is 57.8 Å². The van der Waals surface area contributed by atoms with Crippen LogP contribution in [0.2, 0.25) is 0 Å². The molecule has 1 aromatic carbocycles. The van der Waals surface area contributed by atoms with Crippen molar-refractivity contribution in [2.45, 2.75) is 49.7 Å². The number of carboxylic acids is 1. The number of ether oxygens (including phenoxy) is 1. The number of anilines is 1. The number of rotatable bonds is 6. The summed E-state index contributed by atoms with van der Waals surface area (Å²) >= 11 is 2.39. The Balaban J connectivity index is 1.69. The smallest absolute Gasteiger partial charge is 0.341 e. The molecule has 2 aliphatic rings. The first-order valence-electron chi connectivity index (χ1n) is 10.5. The summed E-state index contributed by atoms with van der Waals surface area (Å²) in [6.45, 7) is 4.06. The lowest BCUT2D eigenvalue weighted by molar-refractivity contribution is -0.121. The Bertz CT molecular complexity index is 1110. The van der Waals surface area contributed by atoms with Crippen molar-refractivity contribution in [2.75, 3.05) is 11.5 Å². The quantitative estimate of drug-likeness (QED) is 0.496. The number of amides is 2. The maximum Gasteiger partial charge on any atom is 0.341 e. The number of esters is 1. The van der Waals surface area contributed by atoms with Crippen LogP contribution in [-0.4, -0.2) is 40.7 Å². The number of aromatic carboxylic acids is 1. The highest BCUT2D eigenvalue weighted by atomic mass is 32.2. The van der Waals surface area contributed by atoms with Crippen LogP contribution in [0.4, 0.5) is 5.00 Å². The Hall–Kier alpha value is -2.65. The zero-order chi connectivity index (χ0) is 23.0. The summed E-state index contributed by atoms with van der Waals surface area (Å²) in [6.07, 6.45) is 2.38. The highest BCUT2D eigenvalue weighted by Crippen LogP contribution is 2.45. The maximum absolute atomic E-state index is 13.3. The Labute approximate surface area is 193 Å². The van der Waals surface area contributed by atoms with E-state index in [1.54, 1.807) is 25.1 Å². The predicted octanol–water partition coefficient (Wildman–Crippen LogP) is 4.17. The molecule has 1 fully saturated rings. The average molecular weight is 474 g/mol. The summed E-state index contributed by atoms with van der Waals surface area (Å²) in [5, 5.41) is 9.01. The van der Waals surface area contributed by atoms with E-state index in [9.17, 15) is 24.3 Å². The first kappa shape index (κ1) is 22.5. The standard InChI is InChI=1S/C23H23NO6S2/c1-3-30-23(29)19-13-9-8-12(2)10-16(13)32-21(19)24-18(25)11-17(20(24)26)31-15-7-5-4-6-14(15)22(27)28/h4-7,12,17H,3,8-11H2,1-2H3,(H,27,28)/t12-,17+/m1/s1. The first-order chi connectivity index (χ1) is 15.3. The molecule has 2 amide bonds. The van der Waals surface area contributed by atoms with Crippen molar-refractivity contribution in [3.8, 4) is 0 Å².